The van der Waals surface area contributed by atoms with Gasteiger partial charge >= 0.3 is 0 Å². The SMILES string of the molecule is Cc1ccc2c(c1)C(c1ccc([N+](=O)[O-])cc1)=Nc1c(Cl)ncnc1N2C. The van der Waals surface area contributed by atoms with Crippen LogP contribution in [0.15, 0.2) is 53.8 Å². The van der Waals surface area contributed by atoms with E-state index < -0.39 is 4.92 Å². The van der Waals surface area contributed by atoms with Gasteiger partial charge in [-0.3, -0.25) is 10.1 Å². The lowest BCUT2D eigenvalue weighted by Gasteiger charge is -2.20. The van der Waals surface area contributed by atoms with Crippen LogP contribution in [0, 0.1) is 17.0 Å². The molecular weight excluding hydrogens is 366 g/mol. The Balaban J connectivity index is 2.00. The number of non-ortho nitro benzene ring substituents is 1. The minimum absolute atomic E-state index is 0.0244. The predicted molar refractivity (Wildman–Crippen MR) is 105 cm³/mol. The summed E-state index contributed by atoms with van der Waals surface area (Å²) in [4.78, 5) is 25.6. The minimum atomic E-state index is -0.426. The molecule has 27 heavy (non-hydrogen) atoms. The Morgan fingerprint density at radius 3 is 2.56 bits per heavy atom. The van der Waals surface area contributed by atoms with Gasteiger partial charge < -0.3 is 4.90 Å². The van der Waals surface area contributed by atoms with Crippen molar-refractivity contribution in [1.29, 1.82) is 0 Å². The Morgan fingerprint density at radius 2 is 1.85 bits per heavy atom. The molecule has 1 aromatic heterocycles. The van der Waals surface area contributed by atoms with Crippen molar-refractivity contribution < 1.29 is 4.92 Å². The van der Waals surface area contributed by atoms with Crippen LogP contribution in [0.5, 0.6) is 0 Å². The highest BCUT2D eigenvalue weighted by atomic mass is 35.5. The van der Waals surface area contributed by atoms with E-state index in [1.54, 1.807) is 12.1 Å². The molecule has 0 saturated carbocycles. The molecule has 0 bridgehead atoms. The average Bonchev–Trinajstić information content (AvgIpc) is 2.78. The van der Waals surface area contributed by atoms with Crippen LogP contribution in [0.2, 0.25) is 5.15 Å². The van der Waals surface area contributed by atoms with Crippen molar-refractivity contribution in [2.24, 2.45) is 4.99 Å². The molecule has 0 spiro atoms. The van der Waals surface area contributed by atoms with E-state index in [0.29, 0.717) is 17.2 Å². The van der Waals surface area contributed by atoms with Crippen LogP contribution in [0.4, 0.5) is 22.9 Å². The molecule has 2 heterocycles. The molecule has 1 aliphatic rings. The summed E-state index contributed by atoms with van der Waals surface area (Å²) in [5.41, 5.74) is 4.76. The zero-order chi connectivity index (χ0) is 19.1. The average molecular weight is 380 g/mol. The Labute approximate surface area is 160 Å². The molecule has 0 unspecified atom stereocenters. The molecule has 2 aromatic carbocycles. The Bertz CT molecular complexity index is 1100. The topological polar surface area (TPSA) is 84.5 Å². The summed E-state index contributed by atoms with van der Waals surface area (Å²) in [6.07, 6.45) is 1.40. The maximum Gasteiger partial charge on any atom is 0.269 e. The summed E-state index contributed by atoms with van der Waals surface area (Å²) < 4.78 is 0. The molecule has 134 valence electrons. The molecule has 0 fully saturated rings. The molecule has 0 radical (unpaired) electrons. The van der Waals surface area contributed by atoms with E-state index in [1.807, 2.05) is 37.1 Å². The van der Waals surface area contributed by atoms with Gasteiger partial charge in [0.05, 0.1) is 16.3 Å². The number of hydrogen-bond donors (Lipinski definition) is 0. The fourth-order valence-corrected chi connectivity index (χ4v) is 3.24. The maximum absolute atomic E-state index is 11.0. The summed E-state index contributed by atoms with van der Waals surface area (Å²) in [6, 6.07) is 12.3. The number of nitrogens with zero attached hydrogens (tertiary/aromatic N) is 5. The van der Waals surface area contributed by atoms with E-state index in [1.165, 1.54) is 18.5 Å². The second-order valence-electron chi connectivity index (χ2n) is 6.18. The zero-order valence-electron chi connectivity index (χ0n) is 14.5. The third-order valence-corrected chi connectivity index (χ3v) is 4.70. The monoisotopic (exact) mass is 379 g/mol. The first-order valence-electron chi connectivity index (χ1n) is 8.14. The molecular formula is C19H14ClN5O2. The van der Waals surface area contributed by atoms with Crippen molar-refractivity contribution in [3.05, 3.63) is 80.7 Å². The molecule has 3 aromatic rings. The quantitative estimate of drug-likeness (QED) is 0.369. The summed E-state index contributed by atoms with van der Waals surface area (Å²) >= 11 is 6.30. The highest BCUT2D eigenvalue weighted by molar-refractivity contribution is 6.33. The lowest BCUT2D eigenvalue weighted by molar-refractivity contribution is -0.384. The van der Waals surface area contributed by atoms with Gasteiger partial charge in [-0.2, -0.15) is 0 Å². The number of nitro benzene ring substituents is 1. The molecule has 0 N–H and O–H groups in total. The van der Waals surface area contributed by atoms with Crippen LogP contribution in [0.3, 0.4) is 0 Å². The van der Waals surface area contributed by atoms with Crippen molar-refractivity contribution >= 4 is 40.2 Å². The number of aromatic nitrogens is 2. The first-order valence-corrected chi connectivity index (χ1v) is 8.52. The Kier molecular flexibility index (Phi) is 4.08. The van der Waals surface area contributed by atoms with Gasteiger partial charge in [0, 0.05) is 30.3 Å². The number of fused-ring (bicyclic) bond motifs is 2. The number of rotatable bonds is 2. The van der Waals surface area contributed by atoms with E-state index in [4.69, 9.17) is 16.6 Å². The second kappa shape index (κ2) is 6.44. The van der Waals surface area contributed by atoms with Crippen LogP contribution in [-0.4, -0.2) is 27.7 Å². The van der Waals surface area contributed by atoms with Crippen LogP contribution < -0.4 is 4.90 Å². The minimum Gasteiger partial charge on any atom is -0.327 e. The number of nitro groups is 1. The molecule has 7 nitrogen and oxygen atoms in total. The first-order chi connectivity index (χ1) is 13.0. The van der Waals surface area contributed by atoms with Crippen molar-refractivity contribution in [3.8, 4) is 0 Å². The summed E-state index contributed by atoms with van der Waals surface area (Å²) in [5, 5.41) is 11.2. The van der Waals surface area contributed by atoms with E-state index in [9.17, 15) is 10.1 Å². The summed E-state index contributed by atoms with van der Waals surface area (Å²) in [6.45, 7) is 2.00. The molecule has 8 heteroatoms. The molecule has 0 aliphatic carbocycles. The fourth-order valence-electron chi connectivity index (χ4n) is 3.07. The molecule has 0 saturated heterocycles. The van der Waals surface area contributed by atoms with E-state index in [-0.39, 0.29) is 10.8 Å². The number of anilines is 2. The molecule has 0 amide bonds. The van der Waals surface area contributed by atoms with Gasteiger partial charge in [0.15, 0.2) is 11.0 Å². The van der Waals surface area contributed by atoms with Crippen molar-refractivity contribution in [2.45, 2.75) is 6.92 Å². The highest BCUT2D eigenvalue weighted by Gasteiger charge is 2.25. The van der Waals surface area contributed by atoms with Crippen LogP contribution in [0.25, 0.3) is 0 Å². The van der Waals surface area contributed by atoms with Crippen LogP contribution in [0.1, 0.15) is 16.7 Å². The summed E-state index contributed by atoms with van der Waals surface area (Å²) in [7, 11) is 1.89. The molecule has 1 aliphatic heterocycles. The van der Waals surface area contributed by atoms with Gasteiger partial charge in [-0.1, -0.05) is 23.2 Å². The largest absolute Gasteiger partial charge is 0.327 e. The standard InChI is InChI=1S/C19H14ClN5O2/c1-11-3-8-15-14(9-11)16(12-4-6-13(7-5-12)25(26)27)23-17-18(20)21-10-22-19(17)24(15)2/h3-10H,1-2H3. The lowest BCUT2D eigenvalue weighted by atomic mass is 9.98. The van der Waals surface area contributed by atoms with E-state index in [0.717, 1.165) is 22.4 Å². The van der Waals surface area contributed by atoms with Crippen LogP contribution >= 0.6 is 11.6 Å². The predicted octanol–water partition coefficient (Wildman–Crippen LogP) is 4.60. The van der Waals surface area contributed by atoms with Gasteiger partial charge in [-0.25, -0.2) is 15.0 Å². The smallest absolute Gasteiger partial charge is 0.269 e. The van der Waals surface area contributed by atoms with Crippen molar-refractivity contribution in [1.82, 2.24) is 9.97 Å². The van der Waals surface area contributed by atoms with Gasteiger partial charge in [0.2, 0.25) is 0 Å². The highest BCUT2D eigenvalue weighted by Crippen LogP contribution is 2.41. The van der Waals surface area contributed by atoms with Gasteiger partial charge in [-0.05, 0) is 31.2 Å². The van der Waals surface area contributed by atoms with Gasteiger partial charge in [0.1, 0.15) is 12.0 Å². The number of aryl methyl sites for hydroxylation is 1. The first kappa shape index (κ1) is 17.1. The van der Waals surface area contributed by atoms with Crippen LogP contribution in [-0.2, 0) is 0 Å². The third kappa shape index (κ3) is 2.92. The number of hydrogen-bond acceptors (Lipinski definition) is 6. The van der Waals surface area contributed by atoms with E-state index in [2.05, 4.69) is 9.97 Å². The van der Waals surface area contributed by atoms with E-state index >= 15 is 0 Å². The van der Waals surface area contributed by atoms with Gasteiger partial charge in [-0.15, -0.1) is 0 Å². The zero-order valence-corrected chi connectivity index (χ0v) is 15.3. The maximum atomic E-state index is 11.0. The molecule has 4 rings (SSSR count). The second-order valence-corrected chi connectivity index (χ2v) is 6.54. The normalized spacial score (nSPS) is 12.7. The lowest BCUT2D eigenvalue weighted by Crippen LogP contribution is -2.14. The van der Waals surface area contributed by atoms with Gasteiger partial charge in [0.25, 0.3) is 5.69 Å². The summed E-state index contributed by atoms with van der Waals surface area (Å²) in [5.74, 6) is 0.594. The number of halogens is 1. The fraction of sp³-hybridized carbons (Fsp3) is 0.105. The van der Waals surface area contributed by atoms with Crippen molar-refractivity contribution in [3.63, 3.8) is 0 Å². The third-order valence-electron chi connectivity index (χ3n) is 4.42. The Morgan fingerprint density at radius 1 is 1.11 bits per heavy atom. The molecule has 0 atom stereocenters. The number of aliphatic imine (C=N–C) groups is 1. The van der Waals surface area contributed by atoms with Crippen molar-refractivity contribution in [2.75, 3.05) is 11.9 Å². The Hall–Kier alpha value is -3.32. The number of benzene rings is 2.